The highest BCUT2D eigenvalue weighted by Crippen LogP contribution is 2.03. The number of halogens is 1. The van der Waals surface area contributed by atoms with Crippen molar-refractivity contribution >= 4 is 17.6 Å². The van der Waals surface area contributed by atoms with Crippen LogP contribution in [-0.4, -0.2) is 16.1 Å². The van der Waals surface area contributed by atoms with Crippen LogP contribution in [0, 0.1) is 0 Å². The maximum atomic E-state index is 10.3. The molecule has 0 amide bonds. The zero-order valence-corrected chi connectivity index (χ0v) is 5.85. The molecule has 1 aromatic heterocycles. The number of H-pyrrole nitrogens is 1. The molecular weight excluding hydrogens is 154 g/mol. The summed E-state index contributed by atoms with van der Waals surface area (Å²) in [4.78, 5) is 12.9. The molecule has 0 aliphatic carbocycles. The summed E-state index contributed by atoms with van der Waals surface area (Å²) in [7, 11) is 0. The fourth-order valence-corrected chi connectivity index (χ4v) is 0.799. The third kappa shape index (κ3) is 1.30. The Kier molecular flexibility index (Phi) is 1.97. The van der Waals surface area contributed by atoms with Crippen LogP contribution in [0.1, 0.15) is 16.2 Å². The van der Waals surface area contributed by atoms with Crippen LogP contribution >= 0.6 is 11.6 Å². The van der Waals surface area contributed by atoms with Crippen LogP contribution in [0.2, 0.25) is 0 Å². The monoisotopic (exact) mass is 159 g/mol. The molecule has 0 saturated heterocycles. The number of nitrogens with one attached hydrogen (secondary N) is 1. The van der Waals surface area contributed by atoms with E-state index in [0.29, 0.717) is 5.88 Å². The third-order valence-corrected chi connectivity index (χ3v) is 1.41. The first-order valence-electron chi connectivity index (χ1n) is 2.71. The Morgan fingerprint density at radius 3 is 2.70 bits per heavy atom. The smallest absolute Gasteiger partial charge is 0.352 e. The van der Waals surface area contributed by atoms with E-state index in [1.807, 2.05) is 0 Å². The second-order valence-corrected chi connectivity index (χ2v) is 2.10. The maximum absolute atomic E-state index is 10.3. The molecule has 3 nitrogen and oxygen atoms in total. The van der Waals surface area contributed by atoms with Gasteiger partial charge in [0.2, 0.25) is 0 Å². The average Bonchev–Trinajstić information content (AvgIpc) is 2.34. The molecule has 0 aromatic carbocycles. The number of rotatable bonds is 2. The number of aromatic carboxylic acids is 1. The summed E-state index contributed by atoms with van der Waals surface area (Å²) in [6.07, 6.45) is 0. The van der Waals surface area contributed by atoms with Crippen molar-refractivity contribution in [3.8, 4) is 0 Å². The van der Waals surface area contributed by atoms with E-state index in [4.69, 9.17) is 16.7 Å². The van der Waals surface area contributed by atoms with Crippen LogP contribution in [0.4, 0.5) is 0 Å². The normalized spacial score (nSPS) is 9.70. The molecule has 0 atom stereocenters. The van der Waals surface area contributed by atoms with E-state index < -0.39 is 5.97 Å². The van der Waals surface area contributed by atoms with Crippen LogP contribution in [0.15, 0.2) is 12.1 Å². The van der Waals surface area contributed by atoms with Crippen molar-refractivity contribution in [1.82, 2.24) is 4.98 Å². The largest absolute Gasteiger partial charge is 0.477 e. The second kappa shape index (κ2) is 2.75. The number of carboxylic acids is 1. The molecule has 0 unspecified atom stereocenters. The number of hydrogen-bond acceptors (Lipinski definition) is 1. The third-order valence-electron chi connectivity index (χ3n) is 1.12. The lowest BCUT2D eigenvalue weighted by molar-refractivity contribution is 0.0691. The highest BCUT2D eigenvalue weighted by Gasteiger charge is 2.03. The number of aromatic amines is 1. The lowest BCUT2D eigenvalue weighted by Gasteiger charge is -1.86. The van der Waals surface area contributed by atoms with Gasteiger partial charge < -0.3 is 10.1 Å². The van der Waals surface area contributed by atoms with Gasteiger partial charge in [-0.15, -0.1) is 11.6 Å². The Morgan fingerprint density at radius 2 is 2.40 bits per heavy atom. The molecule has 1 rings (SSSR count). The highest BCUT2D eigenvalue weighted by atomic mass is 35.5. The van der Waals surface area contributed by atoms with Gasteiger partial charge in [0, 0.05) is 5.69 Å². The van der Waals surface area contributed by atoms with Crippen LogP contribution in [0.25, 0.3) is 0 Å². The van der Waals surface area contributed by atoms with Gasteiger partial charge >= 0.3 is 5.97 Å². The first-order chi connectivity index (χ1) is 4.74. The van der Waals surface area contributed by atoms with E-state index in [1.165, 1.54) is 6.07 Å². The Bertz CT molecular complexity index is 244. The number of aromatic nitrogens is 1. The molecular formula is C6H6ClNO2. The molecule has 4 heteroatoms. The predicted molar refractivity (Wildman–Crippen MR) is 37.3 cm³/mol. The molecule has 2 N–H and O–H groups in total. The summed E-state index contributed by atoms with van der Waals surface area (Å²) in [5.41, 5.74) is 0.898. The van der Waals surface area contributed by atoms with Gasteiger partial charge in [-0.25, -0.2) is 4.79 Å². The SMILES string of the molecule is O=C(O)c1ccc(CCl)[nH]1. The Labute approximate surface area is 62.6 Å². The van der Waals surface area contributed by atoms with Crippen molar-refractivity contribution < 1.29 is 9.90 Å². The van der Waals surface area contributed by atoms with Crippen molar-refractivity contribution in [3.63, 3.8) is 0 Å². The predicted octanol–water partition coefficient (Wildman–Crippen LogP) is 1.45. The molecule has 0 bridgehead atoms. The van der Waals surface area contributed by atoms with Gasteiger partial charge in [-0.1, -0.05) is 0 Å². The molecule has 0 fully saturated rings. The minimum atomic E-state index is -0.962. The summed E-state index contributed by atoms with van der Waals surface area (Å²) in [5.74, 6) is -0.649. The maximum Gasteiger partial charge on any atom is 0.352 e. The van der Waals surface area contributed by atoms with Crippen LogP contribution in [0.3, 0.4) is 0 Å². The van der Waals surface area contributed by atoms with E-state index in [9.17, 15) is 4.79 Å². The minimum absolute atomic E-state index is 0.177. The number of carbonyl (C=O) groups is 1. The van der Waals surface area contributed by atoms with Crippen molar-refractivity contribution in [2.45, 2.75) is 5.88 Å². The summed E-state index contributed by atoms with van der Waals surface area (Å²) < 4.78 is 0. The fourth-order valence-electron chi connectivity index (χ4n) is 0.643. The molecule has 54 valence electrons. The van der Waals surface area contributed by atoms with Gasteiger partial charge in [-0.05, 0) is 12.1 Å². The van der Waals surface area contributed by atoms with Crippen molar-refractivity contribution in [3.05, 3.63) is 23.5 Å². The van der Waals surface area contributed by atoms with E-state index in [1.54, 1.807) is 6.07 Å². The van der Waals surface area contributed by atoms with Crippen LogP contribution in [0.5, 0.6) is 0 Å². The van der Waals surface area contributed by atoms with Crippen LogP contribution < -0.4 is 0 Å². The fraction of sp³-hybridized carbons (Fsp3) is 0.167. The first kappa shape index (κ1) is 7.15. The number of carboxylic acid groups (broad SMARTS) is 1. The Morgan fingerprint density at radius 1 is 1.70 bits per heavy atom. The molecule has 0 radical (unpaired) electrons. The Hall–Kier alpha value is -0.960. The summed E-state index contributed by atoms with van der Waals surface area (Å²) in [5, 5.41) is 8.42. The van der Waals surface area contributed by atoms with Gasteiger partial charge in [0.1, 0.15) is 5.69 Å². The number of hydrogen-bond donors (Lipinski definition) is 2. The van der Waals surface area contributed by atoms with E-state index in [2.05, 4.69) is 4.98 Å². The highest BCUT2D eigenvalue weighted by molar-refractivity contribution is 6.16. The van der Waals surface area contributed by atoms with Crippen molar-refractivity contribution in [2.24, 2.45) is 0 Å². The summed E-state index contributed by atoms with van der Waals surface area (Å²) >= 11 is 5.42. The summed E-state index contributed by atoms with van der Waals surface area (Å²) in [6.45, 7) is 0. The van der Waals surface area contributed by atoms with Gasteiger partial charge in [0.25, 0.3) is 0 Å². The Balaban J connectivity index is 2.88. The van der Waals surface area contributed by atoms with Gasteiger partial charge in [0.05, 0.1) is 5.88 Å². The average molecular weight is 160 g/mol. The molecule has 10 heavy (non-hydrogen) atoms. The zero-order chi connectivity index (χ0) is 7.56. The molecule has 1 aromatic rings. The zero-order valence-electron chi connectivity index (χ0n) is 5.10. The molecule has 0 saturated carbocycles. The number of alkyl halides is 1. The standard InChI is InChI=1S/C6H6ClNO2/c7-3-4-1-2-5(8-4)6(9)10/h1-2,8H,3H2,(H,9,10). The van der Waals surface area contributed by atoms with Gasteiger partial charge in [-0.3, -0.25) is 0 Å². The minimum Gasteiger partial charge on any atom is -0.477 e. The van der Waals surface area contributed by atoms with Crippen molar-refractivity contribution in [1.29, 1.82) is 0 Å². The molecule has 1 heterocycles. The summed E-state index contributed by atoms with van der Waals surface area (Å²) in [6, 6.07) is 3.14. The lowest BCUT2D eigenvalue weighted by atomic mass is 10.4. The molecule has 0 aliphatic rings. The van der Waals surface area contributed by atoms with Gasteiger partial charge in [0.15, 0.2) is 0 Å². The first-order valence-corrected chi connectivity index (χ1v) is 3.24. The van der Waals surface area contributed by atoms with Gasteiger partial charge in [-0.2, -0.15) is 0 Å². The van der Waals surface area contributed by atoms with Crippen LogP contribution in [-0.2, 0) is 5.88 Å². The van der Waals surface area contributed by atoms with E-state index >= 15 is 0 Å². The quantitative estimate of drug-likeness (QED) is 0.642. The molecule has 0 aliphatic heterocycles. The van der Waals surface area contributed by atoms with Crippen molar-refractivity contribution in [2.75, 3.05) is 0 Å². The van der Waals surface area contributed by atoms with E-state index in [-0.39, 0.29) is 5.69 Å². The topological polar surface area (TPSA) is 53.1 Å². The molecule has 0 spiro atoms. The van der Waals surface area contributed by atoms with E-state index in [0.717, 1.165) is 5.69 Å². The lowest BCUT2D eigenvalue weighted by Crippen LogP contribution is -1.95. The second-order valence-electron chi connectivity index (χ2n) is 1.84.